The summed E-state index contributed by atoms with van der Waals surface area (Å²) in [6, 6.07) is 60.3. The quantitative estimate of drug-likeness (QED) is 0.179. The molecule has 7 aromatic carbocycles. The van der Waals surface area contributed by atoms with Gasteiger partial charge in [0.15, 0.2) is 0 Å². The minimum absolute atomic E-state index is 0.0974. The van der Waals surface area contributed by atoms with Gasteiger partial charge in [-0.15, -0.1) is 0 Å². The molecule has 7 aromatic rings. The first-order valence-electron chi connectivity index (χ1n) is 16.9. The second-order valence-corrected chi connectivity index (χ2v) is 13.6. The monoisotopic (exact) mass is 617 g/mol. The summed E-state index contributed by atoms with van der Waals surface area (Å²) in [5.41, 5.74) is 18.5. The number of rotatable bonds is 6. The molecule has 0 N–H and O–H groups in total. The highest BCUT2D eigenvalue weighted by molar-refractivity contribution is 5.98. The second-order valence-electron chi connectivity index (χ2n) is 13.6. The molecule has 1 nitrogen and oxygen atoms in total. The molecule has 0 amide bonds. The zero-order chi connectivity index (χ0) is 32.8. The molecule has 0 saturated carbocycles. The lowest BCUT2D eigenvalue weighted by molar-refractivity contribution is 0.660. The summed E-state index contributed by atoms with van der Waals surface area (Å²) in [6.07, 6.45) is 0. The number of anilines is 3. The minimum atomic E-state index is -0.0974. The van der Waals surface area contributed by atoms with Crippen LogP contribution in [0.2, 0.25) is 0 Å². The van der Waals surface area contributed by atoms with Crippen LogP contribution in [-0.4, -0.2) is 0 Å². The lowest BCUT2D eigenvalue weighted by Gasteiger charge is -2.31. The Labute approximate surface area is 284 Å². The zero-order valence-electron chi connectivity index (χ0n) is 28.0. The molecule has 0 heterocycles. The standard InChI is InChI=1S/C47H39N/c1-32-17-21-36(22-18-32)38-27-30-44(41(31-38)37-23-19-33(2)20-24-37)48(39-28-25-35(26-29-39)34-11-6-5-7-12-34)45-16-10-15-43-46(45)40-13-8-9-14-42(40)47(43,3)4/h5-31H,1-4H3. The number of hydrogen-bond donors (Lipinski definition) is 0. The molecule has 1 aliphatic rings. The normalized spacial score (nSPS) is 12.8. The van der Waals surface area contributed by atoms with Crippen molar-refractivity contribution in [2.75, 3.05) is 4.90 Å². The van der Waals surface area contributed by atoms with Crippen LogP contribution in [0.1, 0.15) is 36.1 Å². The maximum atomic E-state index is 2.49. The first kappa shape index (κ1) is 29.7. The van der Waals surface area contributed by atoms with Gasteiger partial charge in [-0.3, -0.25) is 0 Å². The number of fused-ring (bicyclic) bond motifs is 3. The average Bonchev–Trinajstić information content (AvgIpc) is 3.36. The average molecular weight is 618 g/mol. The first-order chi connectivity index (χ1) is 23.4. The van der Waals surface area contributed by atoms with Crippen molar-refractivity contribution in [3.05, 3.63) is 186 Å². The van der Waals surface area contributed by atoms with E-state index in [9.17, 15) is 0 Å². The Morgan fingerprint density at radius 2 is 0.938 bits per heavy atom. The molecule has 48 heavy (non-hydrogen) atoms. The van der Waals surface area contributed by atoms with Gasteiger partial charge in [-0.2, -0.15) is 0 Å². The van der Waals surface area contributed by atoms with Gasteiger partial charge in [0.05, 0.1) is 11.4 Å². The fourth-order valence-electron chi connectivity index (χ4n) is 7.38. The minimum Gasteiger partial charge on any atom is -0.309 e. The Bertz CT molecular complexity index is 2240. The Morgan fingerprint density at radius 1 is 0.396 bits per heavy atom. The third-order valence-electron chi connectivity index (χ3n) is 10.0. The third-order valence-corrected chi connectivity index (χ3v) is 10.0. The van der Waals surface area contributed by atoms with Crippen LogP contribution in [-0.2, 0) is 5.41 Å². The Kier molecular flexibility index (Phi) is 7.34. The fourth-order valence-corrected chi connectivity index (χ4v) is 7.38. The van der Waals surface area contributed by atoms with E-state index in [1.807, 2.05) is 0 Å². The number of nitrogens with zero attached hydrogens (tertiary/aromatic N) is 1. The van der Waals surface area contributed by atoms with Crippen molar-refractivity contribution in [2.45, 2.75) is 33.1 Å². The lowest BCUT2D eigenvalue weighted by atomic mass is 9.82. The van der Waals surface area contributed by atoms with Crippen LogP contribution in [0, 0.1) is 13.8 Å². The molecule has 1 heteroatoms. The maximum absolute atomic E-state index is 2.49. The van der Waals surface area contributed by atoms with Crippen LogP contribution >= 0.6 is 0 Å². The molecule has 0 radical (unpaired) electrons. The van der Waals surface area contributed by atoms with E-state index < -0.39 is 0 Å². The molecule has 0 saturated heterocycles. The highest BCUT2D eigenvalue weighted by atomic mass is 15.1. The summed E-state index contributed by atoms with van der Waals surface area (Å²) in [4.78, 5) is 2.49. The van der Waals surface area contributed by atoms with E-state index in [0.29, 0.717) is 0 Å². The first-order valence-corrected chi connectivity index (χ1v) is 16.9. The summed E-state index contributed by atoms with van der Waals surface area (Å²) in [6.45, 7) is 9.01. The molecule has 0 aromatic heterocycles. The van der Waals surface area contributed by atoms with Crippen LogP contribution in [0.15, 0.2) is 164 Å². The van der Waals surface area contributed by atoms with E-state index in [4.69, 9.17) is 0 Å². The summed E-state index contributed by atoms with van der Waals surface area (Å²) >= 11 is 0. The van der Waals surface area contributed by atoms with E-state index in [-0.39, 0.29) is 5.41 Å². The van der Waals surface area contributed by atoms with Gasteiger partial charge in [-0.05, 0) is 88.7 Å². The molecule has 0 aliphatic heterocycles. The van der Waals surface area contributed by atoms with E-state index in [2.05, 4.69) is 196 Å². The molecular formula is C47H39N. The topological polar surface area (TPSA) is 3.24 Å². The van der Waals surface area contributed by atoms with E-state index >= 15 is 0 Å². The van der Waals surface area contributed by atoms with Crippen LogP contribution in [0.3, 0.4) is 0 Å². The highest BCUT2D eigenvalue weighted by Gasteiger charge is 2.38. The van der Waals surface area contributed by atoms with Crippen LogP contribution in [0.5, 0.6) is 0 Å². The Balaban J connectivity index is 1.39. The van der Waals surface area contributed by atoms with Crippen molar-refractivity contribution in [1.29, 1.82) is 0 Å². The number of hydrogen-bond acceptors (Lipinski definition) is 1. The van der Waals surface area contributed by atoms with Crippen molar-refractivity contribution in [2.24, 2.45) is 0 Å². The van der Waals surface area contributed by atoms with E-state index in [1.165, 1.54) is 72.4 Å². The predicted octanol–water partition coefficient (Wildman–Crippen LogP) is 13.1. The summed E-state index contributed by atoms with van der Waals surface area (Å²) in [5, 5.41) is 0. The van der Waals surface area contributed by atoms with Crippen molar-refractivity contribution in [3.63, 3.8) is 0 Å². The van der Waals surface area contributed by atoms with Crippen molar-refractivity contribution in [3.8, 4) is 44.5 Å². The summed E-state index contributed by atoms with van der Waals surface area (Å²) < 4.78 is 0. The largest absolute Gasteiger partial charge is 0.309 e. The highest BCUT2D eigenvalue weighted by Crippen LogP contribution is 2.55. The summed E-state index contributed by atoms with van der Waals surface area (Å²) in [5.74, 6) is 0. The van der Waals surface area contributed by atoms with Crippen molar-refractivity contribution in [1.82, 2.24) is 0 Å². The van der Waals surface area contributed by atoms with E-state index in [0.717, 1.165) is 11.4 Å². The number of aryl methyl sites for hydroxylation is 2. The zero-order valence-corrected chi connectivity index (χ0v) is 28.0. The SMILES string of the molecule is Cc1ccc(-c2ccc(N(c3ccc(-c4ccccc4)cc3)c3cccc4c3-c3ccccc3C4(C)C)c(-c3ccc(C)cc3)c2)cc1. The molecule has 8 rings (SSSR count). The van der Waals surface area contributed by atoms with Gasteiger partial charge < -0.3 is 4.90 Å². The third kappa shape index (κ3) is 5.13. The molecule has 0 bridgehead atoms. The smallest absolute Gasteiger partial charge is 0.0543 e. The predicted molar refractivity (Wildman–Crippen MR) is 204 cm³/mol. The molecule has 0 fully saturated rings. The Hall–Kier alpha value is -5.66. The number of benzene rings is 7. The van der Waals surface area contributed by atoms with Gasteiger partial charge >= 0.3 is 0 Å². The van der Waals surface area contributed by atoms with Crippen LogP contribution in [0.4, 0.5) is 17.1 Å². The van der Waals surface area contributed by atoms with Crippen molar-refractivity contribution < 1.29 is 0 Å². The van der Waals surface area contributed by atoms with Gasteiger partial charge in [0.2, 0.25) is 0 Å². The van der Waals surface area contributed by atoms with Gasteiger partial charge in [0, 0.05) is 22.2 Å². The second kappa shape index (κ2) is 11.9. The Morgan fingerprint density at radius 3 is 1.65 bits per heavy atom. The van der Waals surface area contributed by atoms with Crippen molar-refractivity contribution >= 4 is 17.1 Å². The molecule has 1 aliphatic carbocycles. The molecule has 0 unspecified atom stereocenters. The molecule has 232 valence electrons. The fraction of sp³-hybridized carbons (Fsp3) is 0.106. The van der Waals surface area contributed by atoms with Gasteiger partial charge in [0.25, 0.3) is 0 Å². The van der Waals surface area contributed by atoms with Gasteiger partial charge in [-0.25, -0.2) is 0 Å². The maximum Gasteiger partial charge on any atom is 0.0543 e. The summed E-state index contributed by atoms with van der Waals surface area (Å²) in [7, 11) is 0. The molecular weight excluding hydrogens is 579 g/mol. The van der Waals surface area contributed by atoms with Crippen LogP contribution < -0.4 is 4.90 Å². The van der Waals surface area contributed by atoms with Gasteiger partial charge in [-0.1, -0.05) is 158 Å². The van der Waals surface area contributed by atoms with Gasteiger partial charge in [0.1, 0.15) is 0 Å². The van der Waals surface area contributed by atoms with E-state index in [1.54, 1.807) is 0 Å². The lowest BCUT2D eigenvalue weighted by Crippen LogP contribution is -2.16. The molecule has 0 atom stereocenters. The molecule has 0 spiro atoms. The van der Waals surface area contributed by atoms with Crippen LogP contribution in [0.25, 0.3) is 44.5 Å².